The van der Waals surface area contributed by atoms with Crippen molar-refractivity contribution in [3.8, 4) is 0 Å². The van der Waals surface area contributed by atoms with Crippen molar-refractivity contribution in [1.29, 1.82) is 0 Å². The van der Waals surface area contributed by atoms with Gasteiger partial charge < -0.3 is 20.6 Å². The van der Waals surface area contributed by atoms with E-state index in [1.807, 2.05) is 30.3 Å². The van der Waals surface area contributed by atoms with E-state index in [1.54, 1.807) is 24.3 Å². The number of para-hydroxylation sites is 2. The monoisotopic (exact) mass is 340 g/mol. The van der Waals surface area contributed by atoms with Crippen LogP contribution in [0.5, 0.6) is 0 Å². The van der Waals surface area contributed by atoms with Crippen LogP contribution in [0.4, 0.5) is 5.69 Å². The van der Waals surface area contributed by atoms with Gasteiger partial charge in [0.05, 0.1) is 11.9 Å². The van der Waals surface area contributed by atoms with Gasteiger partial charge in [-0.25, -0.2) is 4.79 Å². The van der Waals surface area contributed by atoms with E-state index in [9.17, 15) is 14.4 Å². The standard InChI is InChI=1S/C10H6O4.C8H10N2O/c11-7-5-9(10(12)13)14-8-4-2-1-3-6(7)8;9-8(11)6-10-7-4-2-1-3-5-7/h1-5H,(H,12,13);1-5,10H,6H2,(H2,9,11). The molecular formula is C18H16N2O5. The van der Waals surface area contributed by atoms with Crippen molar-refractivity contribution in [3.05, 3.63) is 76.6 Å². The number of anilines is 1. The average Bonchev–Trinajstić information content (AvgIpc) is 2.61. The molecule has 2 aromatic carbocycles. The number of hydrogen-bond donors (Lipinski definition) is 3. The number of hydrogen-bond acceptors (Lipinski definition) is 5. The minimum atomic E-state index is -1.24. The number of carboxylic acids is 1. The van der Waals surface area contributed by atoms with E-state index >= 15 is 0 Å². The first kappa shape index (κ1) is 17.7. The molecule has 3 rings (SSSR count). The van der Waals surface area contributed by atoms with Gasteiger partial charge in [-0.3, -0.25) is 9.59 Å². The molecule has 128 valence electrons. The van der Waals surface area contributed by atoms with Crippen molar-refractivity contribution in [2.24, 2.45) is 5.73 Å². The zero-order chi connectivity index (χ0) is 18.2. The van der Waals surface area contributed by atoms with Crippen LogP contribution in [-0.4, -0.2) is 23.5 Å². The molecule has 0 atom stereocenters. The fourth-order valence-corrected chi connectivity index (χ4v) is 1.95. The number of carboxylic acid groups (broad SMARTS) is 1. The van der Waals surface area contributed by atoms with Crippen LogP contribution in [-0.2, 0) is 4.79 Å². The number of carbonyl (C=O) groups is 2. The third kappa shape index (κ3) is 5.21. The van der Waals surface area contributed by atoms with Gasteiger partial charge in [0.15, 0.2) is 5.43 Å². The normalized spacial score (nSPS) is 9.76. The van der Waals surface area contributed by atoms with E-state index in [0.717, 1.165) is 11.8 Å². The van der Waals surface area contributed by atoms with Gasteiger partial charge in [-0.05, 0) is 24.3 Å². The largest absolute Gasteiger partial charge is 0.475 e. The predicted molar refractivity (Wildman–Crippen MR) is 93.6 cm³/mol. The Labute approximate surface area is 142 Å². The van der Waals surface area contributed by atoms with E-state index in [4.69, 9.17) is 15.3 Å². The zero-order valence-electron chi connectivity index (χ0n) is 13.1. The van der Waals surface area contributed by atoms with Crippen LogP contribution in [0.1, 0.15) is 10.6 Å². The molecule has 0 saturated heterocycles. The number of rotatable bonds is 4. The van der Waals surface area contributed by atoms with Gasteiger partial charge >= 0.3 is 5.97 Å². The predicted octanol–water partition coefficient (Wildman–Crippen LogP) is 2.07. The summed E-state index contributed by atoms with van der Waals surface area (Å²) in [6.45, 7) is 0.185. The number of amides is 1. The van der Waals surface area contributed by atoms with Gasteiger partial charge in [-0.2, -0.15) is 0 Å². The fourth-order valence-electron chi connectivity index (χ4n) is 1.95. The van der Waals surface area contributed by atoms with Crippen molar-refractivity contribution in [2.45, 2.75) is 0 Å². The Balaban J connectivity index is 0.000000186. The summed E-state index contributed by atoms with van der Waals surface area (Å²) in [5, 5.41) is 11.9. The maximum absolute atomic E-state index is 11.4. The second-order valence-corrected chi connectivity index (χ2v) is 4.96. The highest BCUT2D eigenvalue weighted by Crippen LogP contribution is 2.11. The molecule has 0 unspecified atom stereocenters. The Morgan fingerprint density at radius 2 is 1.68 bits per heavy atom. The Bertz CT molecular complexity index is 935. The highest BCUT2D eigenvalue weighted by molar-refractivity contribution is 5.87. The smallest absolute Gasteiger partial charge is 0.371 e. The van der Waals surface area contributed by atoms with Crippen LogP contribution in [0, 0.1) is 0 Å². The number of aromatic carboxylic acids is 1. The minimum Gasteiger partial charge on any atom is -0.475 e. The molecule has 0 bridgehead atoms. The molecule has 0 radical (unpaired) electrons. The maximum atomic E-state index is 11.4. The molecule has 0 saturated carbocycles. The van der Waals surface area contributed by atoms with E-state index in [2.05, 4.69) is 5.32 Å². The molecule has 7 heteroatoms. The van der Waals surface area contributed by atoms with Crippen molar-refractivity contribution in [3.63, 3.8) is 0 Å². The summed E-state index contributed by atoms with van der Waals surface area (Å²) in [4.78, 5) is 32.3. The Morgan fingerprint density at radius 1 is 1.04 bits per heavy atom. The first-order chi connectivity index (χ1) is 12.0. The number of benzene rings is 2. The third-order valence-corrected chi connectivity index (χ3v) is 3.09. The summed E-state index contributed by atoms with van der Waals surface area (Å²) < 4.78 is 5.00. The van der Waals surface area contributed by atoms with E-state index in [1.165, 1.54) is 0 Å². The zero-order valence-corrected chi connectivity index (χ0v) is 13.1. The van der Waals surface area contributed by atoms with Crippen LogP contribution in [0.25, 0.3) is 11.0 Å². The highest BCUT2D eigenvalue weighted by Gasteiger charge is 2.09. The topological polar surface area (TPSA) is 123 Å². The molecule has 0 aliphatic heterocycles. The van der Waals surface area contributed by atoms with E-state index in [0.29, 0.717) is 5.39 Å². The van der Waals surface area contributed by atoms with Crippen LogP contribution < -0.4 is 16.5 Å². The molecule has 25 heavy (non-hydrogen) atoms. The third-order valence-electron chi connectivity index (χ3n) is 3.09. The summed E-state index contributed by atoms with van der Waals surface area (Å²) in [5.74, 6) is -1.93. The van der Waals surface area contributed by atoms with Crippen molar-refractivity contribution in [1.82, 2.24) is 0 Å². The molecule has 1 amide bonds. The maximum Gasteiger partial charge on any atom is 0.371 e. The lowest BCUT2D eigenvalue weighted by Gasteiger charge is -2.01. The molecule has 0 fully saturated rings. The average molecular weight is 340 g/mol. The van der Waals surface area contributed by atoms with E-state index < -0.39 is 5.97 Å². The van der Waals surface area contributed by atoms with Crippen LogP contribution in [0.2, 0.25) is 0 Å². The molecule has 3 aromatic rings. The van der Waals surface area contributed by atoms with Gasteiger partial charge in [0.25, 0.3) is 0 Å². The summed E-state index contributed by atoms with van der Waals surface area (Å²) in [7, 11) is 0. The second-order valence-electron chi connectivity index (χ2n) is 4.96. The summed E-state index contributed by atoms with van der Waals surface area (Å²) in [6, 6.07) is 16.9. The van der Waals surface area contributed by atoms with Gasteiger partial charge in [0.1, 0.15) is 5.58 Å². The molecule has 0 aliphatic carbocycles. The second kappa shape index (κ2) is 8.30. The quantitative estimate of drug-likeness (QED) is 0.668. The Kier molecular flexibility index (Phi) is 5.89. The van der Waals surface area contributed by atoms with Gasteiger partial charge in [0, 0.05) is 11.8 Å². The fraction of sp³-hybridized carbons (Fsp3) is 0.0556. The van der Waals surface area contributed by atoms with Crippen molar-refractivity contribution < 1.29 is 19.1 Å². The molecule has 7 nitrogen and oxygen atoms in total. The lowest BCUT2D eigenvalue weighted by Crippen LogP contribution is -2.21. The highest BCUT2D eigenvalue weighted by atomic mass is 16.4. The SMILES string of the molecule is NC(=O)CNc1ccccc1.O=C(O)c1cc(=O)c2ccccc2o1. The van der Waals surface area contributed by atoms with Gasteiger partial charge in [-0.15, -0.1) is 0 Å². The number of nitrogens with one attached hydrogen (secondary N) is 1. The Morgan fingerprint density at radius 3 is 2.32 bits per heavy atom. The van der Waals surface area contributed by atoms with Crippen molar-refractivity contribution >= 4 is 28.5 Å². The van der Waals surface area contributed by atoms with Crippen LogP contribution >= 0.6 is 0 Å². The first-order valence-corrected chi connectivity index (χ1v) is 7.31. The van der Waals surface area contributed by atoms with E-state index in [-0.39, 0.29) is 29.2 Å². The summed E-state index contributed by atoms with van der Waals surface area (Å²) in [6.07, 6.45) is 0. The van der Waals surface area contributed by atoms with Gasteiger partial charge in [0.2, 0.25) is 11.7 Å². The first-order valence-electron chi connectivity index (χ1n) is 7.31. The summed E-state index contributed by atoms with van der Waals surface area (Å²) in [5.41, 5.74) is 5.79. The minimum absolute atomic E-state index is 0.185. The molecule has 0 aliphatic rings. The van der Waals surface area contributed by atoms with Crippen molar-refractivity contribution in [2.75, 3.05) is 11.9 Å². The summed E-state index contributed by atoms with van der Waals surface area (Å²) >= 11 is 0. The lowest BCUT2D eigenvalue weighted by atomic mass is 10.2. The number of carbonyl (C=O) groups excluding carboxylic acids is 1. The molecule has 4 N–H and O–H groups in total. The molecule has 1 aromatic heterocycles. The molecule has 1 heterocycles. The number of primary amides is 1. The Hall–Kier alpha value is -3.61. The number of fused-ring (bicyclic) bond motifs is 1. The lowest BCUT2D eigenvalue weighted by molar-refractivity contribution is -0.116. The van der Waals surface area contributed by atoms with Crippen LogP contribution in [0.15, 0.2) is 69.9 Å². The van der Waals surface area contributed by atoms with Crippen LogP contribution in [0.3, 0.4) is 0 Å². The van der Waals surface area contributed by atoms with Gasteiger partial charge in [-0.1, -0.05) is 30.3 Å². The molecule has 0 spiro atoms. The molecular weight excluding hydrogens is 324 g/mol. The number of nitrogens with two attached hydrogens (primary N) is 1.